The van der Waals surface area contributed by atoms with Gasteiger partial charge in [-0.25, -0.2) is 4.79 Å². The first-order valence-corrected chi connectivity index (χ1v) is 12.2. The van der Waals surface area contributed by atoms with Crippen molar-refractivity contribution in [3.8, 4) is 11.1 Å². The number of rotatable bonds is 6. The van der Waals surface area contributed by atoms with Gasteiger partial charge in [-0.2, -0.15) is 17.7 Å². The molecule has 2 atom stereocenters. The second kappa shape index (κ2) is 12.4. The summed E-state index contributed by atoms with van der Waals surface area (Å²) >= 11 is 4.09. The number of amides is 4. The molecule has 4 amide bonds. The molecule has 11 nitrogen and oxygen atoms in total. The van der Waals surface area contributed by atoms with Crippen molar-refractivity contribution >= 4 is 54.4 Å². The Kier molecular flexibility index (Phi) is 9.24. The molecule has 12 heteroatoms. The van der Waals surface area contributed by atoms with Crippen molar-refractivity contribution in [1.29, 1.82) is 0 Å². The van der Waals surface area contributed by atoms with Crippen LogP contribution < -0.4 is 5.32 Å². The molecule has 4 rings (SSSR count). The van der Waals surface area contributed by atoms with Gasteiger partial charge in [0.05, 0.1) is 11.7 Å². The van der Waals surface area contributed by atoms with E-state index in [0.717, 1.165) is 17.6 Å². The molecule has 1 aliphatic heterocycles. The van der Waals surface area contributed by atoms with Crippen molar-refractivity contribution in [1.82, 2.24) is 9.96 Å². The molecule has 2 aromatic rings. The molecule has 2 N–H and O–H groups in total. The van der Waals surface area contributed by atoms with Crippen molar-refractivity contribution in [2.75, 3.05) is 18.9 Å². The van der Waals surface area contributed by atoms with Gasteiger partial charge in [0.25, 0.3) is 5.91 Å². The van der Waals surface area contributed by atoms with Crippen LogP contribution in [0.15, 0.2) is 42.5 Å². The number of carbonyl (C=O) groups is 6. The summed E-state index contributed by atoms with van der Waals surface area (Å²) in [6.07, 6.45) is -1.43. The van der Waals surface area contributed by atoms with Crippen LogP contribution in [0, 0.1) is 0 Å². The van der Waals surface area contributed by atoms with Crippen LogP contribution >= 0.6 is 12.6 Å². The van der Waals surface area contributed by atoms with E-state index in [1.807, 2.05) is 30.3 Å². The molecule has 1 fully saturated rings. The van der Waals surface area contributed by atoms with Crippen molar-refractivity contribution in [2.24, 2.45) is 0 Å². The summed E-state index contributed by atoms with van der Waals surface area (Å²) in [4.78, 5) is 71.1. The van der Waals surface area contributed by atoms with E-state index in [9.17, 15) is 28.8 Å². The molecule has 1 aliphatic carbocycles. The summed E-state index contributed by atoms with van der Waals surface area (Å²) in [5.41, 5.74) is 5.65. The fourth-order valence-electron chi connectivity index (χ4n) is 4.24. The van der Waals surface area contributed by atoms with Crippen LogP contribution in [-0.2, 0) is 28.8 Å². The highest BCUT2D eigenvalue weighted by molar-refractivity contribution is 7.81. The van der Waals surface area contributed by atoms with Crippen LogP contribution in [0.4, 0.5) is 10.5 Å². The Labute approximate surface area is 224 Å². The Morgan fingerprint density at radius 2 is 1.84 bits per heavy atom. The van der Waals surface area contributed by atoms with E-state index in [0.29, 0.717) is 11.3 Å². The Bertz CT molecular complexity index is 1280. The van der Waals surface area contributed by atoms with Gasteiger partial charge in [-0.15, -0.1) is 0 Å². The lowest BCUT2D eigenvalue weighted by Gasteiger charge is -2.14. The number of nitrogens with one attached hydrogen (secondary N) is 1. The minimum atomic E-state index is -1.59. The van der Waals surface area contributed by atoms with E-state index in [4.69, 9.17) is 5.11 Å². The van der Waals surface area contributed by atoms with Crippen molar-refractivity contribution in [3.63, 3.8) is 0 Å². The zero-order chi connectivity index (χ0) is 28.0. The molecule has 2 unspecified atom stereocenters. The lowest BCUT2D eigenvalue weighted by atomic mass is 9.99. The summed E-state index contributed by atoms with van der Waals surface area (Å²) < 4.78 is 0. The second-order valence-corrected chi connectivity index (χ2v) is 9.26. The van der Waals surface area contributed by atoms with Crippen LogP contribution in [-0.4, -0.2) is 70.0 Å². The smallest absolute Gasteiger partial charge is 0.448 e. The third-order valence-electron chi connectivity index (χ3n) is 6.13. The number of hydroxylamine groups is 2. The Morgan fingerprint density at radius 3 is 2.47 bits per heavy atom. The number of aldehydes is 1. The van der Waals surface area contributed by atoms with E-state index >= 15 is 0 Å². The zero-order valence-electron chi connectivity index (χ0n) is 20.7. The maximum Gasteiger partial charge on any atom is 0.530 e. The van der Waals surface area contributed by atoms with Gasteiger partial charge in [0, 0.05) is 38.0 Å². The summed E-state index contributed by atoms with van der Waals surface area (Å²) in [7, 11) is 1.11. The van der Waals surface area contributed by atoms with Gasteiger partial charge < -0.3 is 20.1 Å². The van der Waals surface area contributed by atoms with Gasteiger partial charge in [-0.1, -0.05) is 37.3 Å². The van der Waals surface area contributed by atoms with E-state index in [2.05, 4.69) is 41.8 Å². The number of carbonyl (C=O) groups excluding carboxylic acids is 5. The predicted octanol–water partition coefficient (Wildman–Crippen LogP) is 2.85. The van der Waals surface area contributed by atoms with Crippen LogP contribution in [0.25, 0.3) is 11.1 Å². The predicted molar refractivity (Wildman–Crippen MR) is 139 cm³/mol. The number of nitrogens with zero attached hydrogens (tertiary/aromatic N) is 2. The highest BCUT2D eigenvalue weighted by Crippen LogP contribution is 2.45. The minimum absolute atomic E-state index is 0.0742. The van der Waals surface area contributed by atoms with Crippen molar-refractivity contribution in [2.45, 2.75) is 37.4 Å². The Hall–Kier alpha value is -4.19. The minimum Gasteiger partial charge on any atom is -0.448 e. The first-order chi connectivity index (χ1) is 18.0. The molecule has 38 heavy (non-hydrogen) atoms. The number of anilines is 1. The molecule has 200 valence electrons. The van der Waals surface area contributed by atoms with Crippen LogP contribution in [0.1, 0.15) is 43.2 Å². The zero-order valence-corrected chi connectivity index (χ0v) is 21.6. The average molecular weight is 542 g/mol. The number of hydrogen-bond acceptors (Lipinski definition) is 8. The van der Waals surface area contributed by atoms with E-state index in [1.165, 1.54) is 22.3 Å². The summed E-state index contributed by atoms with van der Waals surface area (Å²) in [5.74, 6) is -1.24. The van der Waals surface area contributed by atoms with Gasteiger partial charge in [0.2, 0.25) is 17.7 Å². The standard InChI is InChI=1S/C21H20N2O3S.C5H7NO5/c1-12-14-4-2-3-5-15(14)16-7-6-13(10-17(12)16)22-19(24)8-9-23-20(25)11-18(27)21(23)26;1-6(11-5(9)10)4(8)2-3-7/h2-7,10,12,18,27H,8-9,11H2,1H3,(H,22,24);3H,2H2,1H3,(H,9,10). The summed E-state index contributed by atoms with van der Waals surface area (Å²) in [5, 5.41) is 10.8. The molecule has 2 aromatic carbocycles. The number of carboxylic acid groups (broad SMARTS) is 1. The molecule has 0 aromatic heterocycles. The molecule has 1 heterocycles. The SMILES string of the molecule is CC1c2ccccc2-c2ccc(NC(=O)CCN3C(=O)CC(S)C3=O)cc21.CN(OC(=O)O)C(=O)CC=O. The largest absolute Gasteiger partial charge is 0.530 e. The third-order valence-corrected chi connectivity index (χ3v) is 6.53. The lowest BCUT2D eigenvalue weighted by Crippen LogP contribution is -2.33. The fourth-order valence-corrected chi connectivity index (χ4v) is 4.53. The molecular weight excluding hydrogens is 514 g/mol. The van der Waals surface area contributed by atoms with Gasteiger partial charge in [-0.3, -0.25) is 24.1 Å². The molecule has 0 bridgehead atoms. The highest BCUT2D eigenvalue weighted by Gasteiger charge is 2.36. The molecule has 2 aliphatic rings. The molecule has 0 radical (unpaired) electrons. The highest BCUT2D eigenvalue weighted by atomic mass is 32.1. The normalized spacial score (nSPS) is 17.1. The summed E-state index contributed by atoms with van der Waals surface area (Å²) in [6, 6.07) is 14.3. The second-order valence-electron chi connectivity index (χ2n) is 8.63. The molecule has 0 saturated carbocycles. The lowest BCUT2D eigenvalue weighted by molar-refractivity contribution is -0.164. The molecular formula is C26H27N3O8S. The van der Waals surface area contributed by atoms with Crippen LogP contribution in [0.2, 0.25) is 0 Å². The topological polar surface area (TPSA) is 150 Å². The van der Waals surface area contributed by atoms with E-state index in [-0.39, 0.29) is 49.4 Å². The summed E-state index contributed by atoms with van der Waals surface area (Å²) in [6.45, 7) is 2.25. The Morgan fingerprint density at radius 1 is 1.16 bits per heavy atom. The van der Waals surface area contributed by atoms with E-state index < -0.39 is 17.3 Å². The number of imide groups is 1. The quantitative estimate of drug-likeness (QED) is 0.166. The number of fused-ring (bicyclic) bond motifs is 3. The van der Waals surface area contributed by atoms with Gasteiger partial charge in [0.15, 0.2) is 0 Å². The average Bonchev–Trinajstić information content (AvgIpc) is 3.29. The number of likely N-dealkylation sites (tertiary alicyclic amines) is 1. The third kappa shape index (κ3) is 6.57. The van der Waals surface area contributed by atoms with E-state index in [1.54, 1.807) is 0 Å². The van der Waals surface area contributed by atoms with Gasteiger partial charge in [0.1, 0.15) is 6.29 Å². The van der Waals surface area contributed by atoms with Crippen molar-refractivity contribution < 1.29 is 38.7 Å². The van der Waals surface area contributed by atoms with Crippen molar-refractivity contribution in [3.05, 3.63) is 53.6 Å². The number of hydrogen-bond donors (Lipinski definition) is 3. The van der Waals surface area contributed by atoms with Gasteiger partial charge in [-0.05, 0) is 34.4 Å². The van der Waals surface area contributed by atoms with Gasteiger partial charge >= 0.3 is 6.16 Å². The molecule has 0 spiro atoms. The first kappa shape index (κ1) is 28.4. The maximum atomic E-state index is 12.3. The Balaban J connectivity index is 0.000000310. The molecule has 1 saturated heterocycles. The monoisotopic (exact) mass is 541 g/mol. The number of benzene rings is 2. The fraction of sp³-hybridized carbons (Fsp3) is 0.308. The van der Waals surface area contributed by atoms with Crippen LogP contribution in [0.3, 0.4) is 0 Å². The first-order valence-electron chi connectivity index (χ1n) is 11.7. The van der Waals surface area contributed by atoms with Crippen LogP contribution in [0.5, 0.6) is 0 Å². The maximum absolute atomic E-state index is 12.3. The number of thiol groups is 1.